The molecule has 1 fully saturated rings. The molecule has 1 aliphatic rings. The minimum Gasteiger partial charge on any atom is -0.478 e. The Bertz CT molecular complexity index is 595. The van der Waals surface area contributed by atoms with Crippen molar-refractivity contribution in [1.82, 2.24) is 4.90 Å². The molecule has 1 amide bonds. The number of carboxylic acids is 1. The molecule has 1 heterocycles. The Balaban J connectivity index is 2.41. The van der Waals surface area contributed by atoms with Gasteiger partial charge in [-0.05, 0) is 24.6 Å². The van der Waals surface area contributed by atoms with Crippen LogP contribution in [0.2, 0.25) is 0 Å². The highest BCUT2D eigenvalue weighted by molar-refractivity contribution is 8.26. The number of thioether (sulfide) groups is 1. The lowest BCUT2D eigenvalue weighted by molar-refractivity contribution is -0.121. The second-order valence-electron chi connectivity index (χ2n) is 3.82. The van der Waals surface area contributed by atoms with Crippen LogP contribution in [-0.4, -0.2) is 32.7 Å². The Hall–Kier alpha value is -1.66. The highest BCUT2D eigenvalue weighted by Gasteiger charge is 2.30. The third kappa shape index (κ3) is 2.69. The van der Waals surface area contributed by atoms with Gasteiger partial charge in [-0.1, -0.05) is 42.2 Å². The monoisotopic (exact) mass is 293 g/mol. The standard InChI is InChI=1S/C13H11NO3S2/c1-2-14-11(15)10(19-13(14)18)7-8-5-3-4-6-9(8)12(16)17/h3-7H,2H2,1H3,(H,16,17)/b10-7+. The first-order valence-electron chi connectivity index (χ1n) is 5.62. The second-order valence-corrected chi connectivity index (χ2v) is 5.49. The van der Waals surface area contributed by atoms with E-state index in [1.165, 1.54) is 22.7 Å². The smallest absolute Gasteiger partial charge is 0.336 e. The first-order chi connectivity index (χ1) is 9.04. The molecule has 1 aromatic rings. The molecule has 1 saturated heterocycles. The maximum Gasteiger partial charge on any atom is 0.336 e. The van der Waals surface area contributed by atoms with Crippen molar-refractivity contribution >= 4 is 46.3 Å². The molecule has 0 saturated carbocycles. The zero-order valence-electron chi connectivity index (χ0n) is 10.1. The van der Waals surface area contributed by atoms with E-state index in [9.17, 15) is 9.59 Å². The van der Waals surface area contributed by atoms with Crippen molar-refractivity contribution in [3.05, 3.63) is 40.3 Å². The Morgan fingerprint density at radius 2 is 2.16 bits per heavy atom. The summed E-state index contributed by atoms with van der Waals surface area (Å²) in [6.07, 6.45) is 1.58. The van der Waals surface area contributed by atoms with Gasteiger partial charge in [0.15, 0.2) is 0 Å². The minimum absolute atomic E-state index is 0.169. The number of carbonyl (C=O) groups is 2. The van der Waals surface area contributed by atoms with E-state index in [-0.39, 0.29) is 11.5 Å². The molecule has 1 aromatic carbocycles. The number of amides is 1. The number of nitrogens with zero attached hydrogens (tertiary/aromatic N) is 1. The van der Waals surface area contributed by atoms with Crippen molar-refractivity contribution in [2.24, 2.45) is 0 Å². The van der Waals surface area contributed by atoms with E-state index in [2.05, 4.69) is 0 Å². The van der Waals surface area contributed by atoms with Crippen molar-refractivity contribution < 1.29 is 14.7 Å². The molecule has 0 bridgehead atoms. The topological polar surface area (TPSA) is 57.6 Å². The molecule has 98 valence electrons. The summed E-state index contributed by atoms with van der Waals surface area (Å²) in [5, 5.41) is 9.10. The Morgan fingerprint density at radius 3 is 2.74 bits per heavy atom. The lowest BCUT2D eigenvalue weighted by Crippen LogP contribution is -2.27. The van der Waals surface area contributed by atoms with Crippen molar-refractivity contribution in [3.8, 4) is 0 Å². The molecule has 0 radical (unpaired) electrons. The largest absolute Gasteiger partial charge is 0.478 e. The predicted octanol–water partition coefficient (Wildman–Crippen LogP) is 2.61. The van der Waals surface area contributed by atoms with E-state index in [1.807, 2.05) is 6.92 Å². The molecule has 0 atom stereocenters. The zero-order valence-corrected chi connectivity index (χ0v) is 11.8. The number of benzene rings is 1. The molecular weight excluding hydrogens is 282 g/mol. The number of aromatic carboxylic acids is 1. The van der Waals surface area contributed by atoms with Gasteiger partial charge in [0.25, 0.3) is 5.91 Å². The third-order valence-corrected chi connectivity index (χ3v) is 4.05. The molecule has 0 unspecified atom stereocenters. The van der Waals surface area contributed by atoms with Crippen LogP contribution < -0.4 is 0 Å². The Labute approximate surface area is 120 Å². The van der Waals surface area contributed by atoms with E-state index < -0.39 is 5.97 Å². The first-order valence-corrected chi connectivity index (χ1v) is 6.84. The summed E-state index contributed by atoms with van der Waals surface area (Å²) in [5.41, 5.74) is 0.677. The van der Waals surface area contributed by atoms with Crippen LogP contribution in [-0.2, 0) is 4.79 Å². The van der Waals surface area contributed by atoms with Gasteiger partial charge in [-0.3, -0.25) is 9.69 Å². The summed E-state index contributed by atoms with van der Waals surface area (Å²) < 4.78 is 0.506. The Kier molecular flexibility index (Phi) is 4.01. The van der Waals surface area contributed by atoms with Gasteiger partial charge in [0.2, 0.25) is 0 Å². The fraction of sp³-hybridized carbons (Fsp3) is 0.154. The minimum atomic E-state index is -1.02. The molecule has 0 spiro atoms. The predicted molar refractivity (Wildman–Crippen MR) is 79.0 cm³/mol. The molecule has 6 heteroatoms. The van der Waals surface area contributed by atoms with Crippen molar-refractivity contribution in [3.63, 3.8) is 0 Å². The molecule has 1 N–H and O–H groups in total. The fourth-order valence-corrected chi connectivity index (χ4v) is 3.11. The molecule has 0 aromatic heterocycles. The van der Waals surface area contributed by atoms with Gasteiger partial charge in [0, 0.05) is 6.54 Å². The van der Waals surface area contributed by atoms with E-state index in [4.69, 9.17) is 17.3 Å². The SMILES string of the molecule is CCN1C(=O)/C(=C\c2ccccc2C(=O)O)SC1=S. The number of likely N-dealkylation sites (N-methyl/N-ethyl adjacent to an activating group) is 1. The van der Waals surface area contributed by atoms with Crippen LogP contribution in [0.3, 0.4) is 0 Å². The number of hydrogen-bond acceptors (Lipinski definition) is 4. The number of hydrogen-bond donors (Lipinski definition) is 1. The molecule has 1 aliphatic heterocycles. The maximum atomic E-state index is 12.0. The molecule has 2 rings (SSSR count). The average molecular weight is 293 g/mol. The van der Waals surface area contributed by atoms with Gasteiger partial charge < -0.3 is 5.11 Å². The highest BCUT2D eigenvalue weighted by atomic mass is 32.2. The summed E-state index contributed by atoms with van der Waals surface area (Å²) in [6, 6.07) is 6.56. The van der Waals surface area contributed by atoms with E-state index >= 15 is 0 Å². The number of carbonyl (C=O) groups excluding carboxylic acids is 1. The molecule has 0 aliphatic carbocycles. The van der Waals surface area contributed by atoms with Gasteiger partial charge in [0.05, 0.1) is 10.5 Å². The van der Waals surface area contributed by atoms with Crippen LogP contribution in [0.5, 0.6) is 0 Å². The van der Waals surface area contributed by atoms with E-state index in [0.717, 1.165) is 0 Å². The number of carboxylic acid groups (broad SMARTS) is 1. The average Bonchev–Trinajstić information content (AvgIpc) is 2.64. The van der Waals surface area contributed by atoms with Crippen molar-refractivity contribution in [2.45, 2.75) is 6.92 Å². The zero-order chi connectivity index (χ0) is 14.0. The lowest BCUT2D eigenvalue weighted by Gasteiger charge is -2.09. The molecule has 19 heavy (non-hydrogen) atoms. The highest BCUT2D eigenvalue weighted by Crippen LogP contribution is 2.32. The van der Waals surface area contributed by atoms with Crippen LogP contribution in [0.25, 0.3) is 6.08 Å². The quantitative estimate of drug-likeness (QED) is 0.686. The number of thiocarbonyl (C=S) groups is 1. The second kappa shape index (κ2) is 5.54. The van der Waals surface area contributed by atoms with E-state index in [0.29, 0.717) is 21.3 Å². The van der Waals surface area contributed by atoms with Gasteiger partial charge in [-0.2, -0.15) is 0 Å². The van der Waals surface area contributed by atoms with Crippen LogP contribution >= 0.6 is 24.0 Å². The summed E-state index contributed by atoms with van der Waals surface area (Å²) in [4.78, 5) is 25.1. The molecule has 4 nitrogen and oxygen atoms in total. The van der Waals surface area contributed by atoms with Gasteiger partial charge >= 0.3 is 5.97 Å². The molecular formula is C13H11NO3S2. The summed E-state index contributed by atoms with van der Waals surface area (Å²) in [7, 11) is 0. The van der Waals surface area contributed by atoms with Crippen LogP contribution in [0.15, 0.2) is 29.2 Å². The fourth-order valence-electron chi connectivity index (χ4n) is 1.73. The van der Waals surface area contributed by atoms with E-state index in [1.54, 1.807) is 24.3 Å². The van der Waals surface area contributed by atoms with Crippen LogP contribution in [0.4, 0.5) is 0 Å². The summed E-state index contributed by atoms with van der Waals surface area (Å²) in [6.45, 7) is 2.36. The normalized spacial score (nSPS) is 17.3. The van der Waals surface area contributed by atoms with Crippen molar-refractivity contribution in [2.75, 3.05) is 6.54 Å². The van der Waals surface area contributed by atoms with Gasteiger partial charge in [-0.25, -0.2) is 4.79 Å². The Morgan fingerprint density at radius 1 is 1.47 bits per heavy atom. The number of rotatable bonds is 3. The van der Waals surface area contributed by atoms with Gasteiger partial charge in [-0.15, -0.1) is 0 Å². The summed E-state index contributed by atoms with van der Waals surface area (Å²) in [5.74, 6) is -1.18. The van der Waals surface area contributed by atoms with Crippen LogP contribution in [0.1, 0.15) is 22.8 Å². The summed E-state index contributed by atoms with van der Waals surface area (Å²) >= 11 is 6.30. The van der Waals surface area contributed by atoms with Gasteiger partial charge in [0.1, 0.15) is 4.32 Å². The van der Waals surface area contributed by atoms with Crippen LogP contribution in [0, 0.1) is 0 Å². The third-order valence-electron chi connectivity index (χ3n) is 2.67. The van der Waals surface area contributed by atoms with Crippen molar-refractivity contribution in [1.29, 1.82) is 0 Å². The lowest BCUT2D eigenvalue weighted by atomic mass is 10.1. The first kappa shape index (κ1) is 13.8. The maximum absolute atomic E-state index is 12.0.